The van der Waals surface area contributed by atoms with Crippen molar-refractivity contribution in [2.45, 2.75) is 31.2 Å². The molecule has 1 aliphatic rings. The fourth-order valence-corrected chi connectivity index (χ4v) is 1.86. The largest absolute Gasteiger partial charge is 0.270 e. The molecule has 1 aromatic rings. The van der Waals surface area contributed by atoms with Crippen molar-refractivity contribution in [3.05, 3.63) is 17.4 Å². The first-order chi connectivity index (χ1) is 6.09. The zero-order chi connectivity index (χ0) is 9.47. The lowest BCUT2D eigenvalue weighted by molar-refractivity contribution is -0.0343. The van der Waals surface area contributed by atoms with Crippen molar-refractivity contribution in [3.8, 4) is 0 Å². The zero-order valence-electron chi connectivity index (χ0n) is 6.88. The van der Waals surface area contributed by atoms with E-state index in [0.717, 1.165) is 0 Å². The Hall–Kier alpha value is -0.640. The molecule has 0 N–H and O–H groups in total. The molecule has 13 heavy (non-hydrogen) atoms. The van der Waals surface area contributed by atoms with E-state index in [1.54, 1.807) is 0 Å². The highest BCUT2D eigenvalue weighted by Gasteiger charge is 2.45. The van der Waals surface area contributed by atoms with Gasteiger partial charge in [-0.1, -0.05) is 11.6 Å². The van der Waals surface area contributed by atoms with Crippen molar-refractivity contribution >= 4 is 11.6 Å². The van der Waals surface area contributed by atoms with Crippen LogP contribution in [0.2, 0.25) is 5.02 Å². The highest BCUT2D eigenvalue weighted by Crippen LogP contribution is 2.43. The third-order valence-corrected chi connectivity index (χ3v) is 2.56. The molecule has 1 unspecified atom stereocenters. The van der Waals surface area contributed by atoms with Crippen LogP contribution in [-0.2, 0) is 0 Å². The van der Waals surface area contributed by atoms with Crippen LogP contribution in [0.15, 0.2) is 12.4 Å². The van der Waals surface area contributed by atoms with Crippen LogP contribution >= 0.6 is 11.6 Å². The van der Waals surface area contributed by atoms with E-state index in [1.165, 1.54) is 17.1 Å². The molecular formula is C8H9ClF2N2. The third-order valence-electron chi connectivity index (χ3n) is 2.36. The number of nitrogens with zero attached hydrogens (tertiary/aromatic N) is 2. The standard InChI is InChI=1S/C8H9ClF2N2/c9-6-4-12-13(5-6)7-2-1-3-8(7,10)11/h4-5,7H,1-3H2. The first-order valence-electron chi connectivity index (χ1n) is 4.17. The van der Waals surface area contributed by atoms with E-state index in [4.69, 9.17) is 11.6 Å². The molecule has 0 saturated heterocycles. The van der Waals surface area contributed by atoms with Crippen molar-refractivity contribution in [1.82, 2.24) is 9.78 Å². The van der Waals surface area contributed by atoms with Crippen molar-refractivity contribution in [2.24, 2.45) is 0 Å². The van der Waals surface area contributed by atoms with Gasteiger partial charge in [0.2, 0.25) is 0 Å². The minimum atomic E-state index is -2.63. The Kier molecular flexibility index (Phi) is 2.02. The predicted molar refractivity (Wildman–Crippen MR) is 45.1 cm³/mol. The molecule has 0 bridgehead atoms. The Morgan fingerprint density at radius 1 is 1.62 bits per heavy atom. The van der Waals surface area contributed by atoms with Gasteiger partial charge < -0.3 is 0 Å². The summed E-state index contributed by atoms with van der Waals surface area (Å²) in [5, 5.41) is 4.20. The molecular weight excluding hydrogens is 198 g/mol. The molecule has 2 nitrogen and oxygen atoms in total. The third kappa shape index (κ3) is 1.55. The maximum atomic E-state index is 13.2. The van der Waals surface area contributed by atoms with E-state index in [0.29, 0.717) is 17.9 Å². The van der Waals surface area contributed by atoms with Gasteiger partial charge in [0.15, 0.2) is 0 Å². The molecule has 1 fully saturated rings. The molecule has 2 rings (SSSR count). The van der Waals surface area contributed by atoms with Crippen molar-refractivity contribution in [2.75, 3.05) is 0 Å². The van der Waals surface area contributed by atoms with Gasteiger partial charge in [0.25, 0.3) is 5.92 Å². The number of halogens is 3. The summed E-state index contributed by atoms with van der Waals surface area (Å²) < 4.78 is 27.7. The van der Waals surface area contributed by atoms with Crippen molar-refractivity contribution < 1.29 is 8.78 Å². The average Bonchev–Trinajstić information content (AvgIpc) is 2.56. The lowest BCUT2D eigenvalue weighted by Crippen LogP contribution is -2.25. The van der Waals surface area contributed by atoms with Crippen molar-refractivity contribution in [3.63, 3.8) is 0 Å². The van der Waals surface area contributed by atoms with Gasteiger partial charge in [0.1, 0.15) is 6.04 Å². The lowest BCUT2D eigenvalue weighted by atomic mass is 10.2. The van der Waals surface area contributed by atoms with Crippen molar-refractivity contribution in [1.29, 1.82) is 0 Å². The van der Waals surface area contributed by atoms with E-state index in [-0.39, 0.29) is 6.42 Å². The highest BCUT2D eigenvalue weighted by atomic mass is 35.5. The maximum absolute atomic E-state index is 13.2. The Labute approximate surface area is 79.5 Å². The monoisotopic (exact) mass is 206 g/mol. The summed E-state index contributed by atoms with van der Waals surface area (Å²) in [4.78, 5) is 0. The van der Waals surface area contributed by atoms with Gasteiger partial charge in [0.05, 0.1) is 11.2 Å². The molecule has 1 saturated carbocycles. The average molecular weight is 207 g/mol. The van der Waals surface area contributed by atoms with Crippen LogP contribution in [0.25, 0.3) is 0 Å². The van der Waals surface area contributed by atoms with Gasteiger partial charge in [-0.2, -0.15) is 5.10 Å². The quantitative estimate of drug-likeness (QED) is 0.691. The van der Waals surface area contributed by atoms with Crippen LogP contribution in [0.5, 0.6) is 0 Å². The van der Waals surface area contributed by atoms with E-state index < -0.39 is 12.0 Å². The Balaban J connectivity index is 2.26. The second-order valence-corrected chi connectivity index (χ2v) is 3.74. The minimum absolute atomic E-state index is 0.0465. The lowest BCUT2D eigenvalue weighted by Gasteiger charge is -2.18. The second-order valence-electron chi connectivity index (χ2n) is 3.31. The number of aromatic nitrogens is 2. The summed E-state index contributed by atoms with van der Waals surface area (Å²) in [6.45, 7) is 0. The number of rotatable bonds is 1. The van der Waals surface area contributed by atoms with Gasteiger partial charge in [0, 0.05) is 12.6 Å². The summed E-state index contributed by atoms with van der Waals surface area (Å²) >= 11 is 5.60. The molecule has 1 aliphatic carbocycles. The fraction of sp³-hybridized carbons (Fsp3) is 0.625. The molecule has 0 aliphatic heterocycles. The molecule has 5 heteroatoms. The fourth-order valence-electron chi connectivity index (χ4n) is 1.72. The summed E-state index contributed by atoms with van der Waals surface area (Å²) in [6, 6.07) is -0.806. The Morgan fingerprint density at radius 2 is 2.38 bits per heavy atom. The molecule has 0 amide bonds. The molecule has 72 valence electrons. The van der Waals surface area contributed by atoms with Gasteiger partial charge >= 0.3 is 0 Å². The smallest absolute Gasteiger partial charge is 0.262 e. The number of hydrogen-bond donors (Lipinski definition) is 0. The van der Waals surface area contributed by atoms with E-state index >= 15 is 0 Å². The summed E-state index contributed by atoms with van der Waals surface area (Å²) in [7, 11) is 0. The number of alkyl halides is 2. The van der Waals surface area contributed by atoms with Gasteiger partial charge in [-0.15, -0.1) is 0 Å². The van der Waals surface area contributed by atoms with Gasteiger partial charge in [-0.3, -0.25) is 4.68 Å². The topological polar surface area (TPSA) is 17.8 Å². The van der Waals surface area contributed by atoms with E-state index in [1.807, 2.05) is 0 Å². The normalized spacial score (nSPS) is 26.5. The SMILES string of the molecule is FC1(F)CCCC1n1cc(Cl)cn1. The first kappa shape index (κ1) is 8.94. The molecule has 0 radical (unpaired) electrons. The predicted octanol–water partition coefficient (Wildman–Crippen LogP) is 2.90. The Morgan fingerprint density at radius 3 is 2.85 bits per heavy atom. The summed E-state index contributed by atoms with van der Waals surface area (Å²) in [6.07, 6.45) is 3.82. The van der Waals surface area contributed by atoms with Crippen LogP contribution in [0, 0.1) is 0 Å². The second kappa shape index (κ2) is 2.94. The molecule has 1 atom stereocenters. The van der Waals surface area contributed by atoms with E-state index in [2.05, 4.69) is 5.10 Å². The molecule has 0 aromatic carbocycles. The van der Waals surface area contributed by atoms with Gasteiger partial charge in [-0.25, -0.2) is 8.78 Å². The van der Waals surface area contributed by atoms with Crippen LogP contribution < -0.4 is 0 Å². The van der Waals surface area contributed by atoms with Crippen LogP contribution in [-0.4, -0.2) is 15.7 Å². The van der Waals surface area contributed by atoms with Crippen LogP contribution in [0.1, 0.15) is 25.3 Å². The van der Waals surface area contributed by atoms with Gasteiger partial charge in [-0.05, 0) is 12.8 Å². The van der Waals surface area contributed by atoms with E-state index in [9.17, 15) is 8.78 Å². The summed E-state index contributed by atoms with van der Waals surface area (Å²) in [5.74, 6) is -2.63. The number of hydrogen-bond acceptors (Lipinski definition) is 1. The summed E-state index contributed by atoms with van der Waals surface area (Å²) in [5.41, 5.74) is 0. The molecule has 1 aromatic heterocycles. The zero-order valence-corrected chi connectivity index (χ0v) is 7.64. The van der Waals surface area contributed by atoms with Crippen LogP contribution in [0.3, 0.4) is 0 Å². The first-order valence-corrected chi connectivity index (χ1v) is 4.55. The Bertz CT molecular complexity index is 311. The highest BCUT2D eigenvalue weighted by molar-refractivity contribution is 6.30. The molecule has 1 heterocycles. The minimum Gasteiger partial charge on any atom is -0.262 e. The molecule has 0 spiro atoms. The maximum Gasteiger partial charge on any atom is 0.270 e. The van der Waals surface area contributed by atoms with Crippen LogP contribution in [0.4, 0.5) is 8.78 Å².